The van der Waals surface area contributed by atoms with Crippen LogP contribution in [-0.4, -0.2) is 11.9 Å². The van der Waals surface area contributed by atoms with E-state index in [0.29, 0.717) is 10.7 Å². The highest BCUT2D eigenvalue weighted by molar-refractivity contribution is 6.33. The molecule has 0 radical (unpaired) electrons. The molecule has 0 aliphatic heterocycles. The molecule has 2 N–H and O–H groups in total. The number of nitrogens with zero attached hydrogens (tertiary/aromatic N) is 1. The third-order valence-electron chi connectivity index (χ3n) is 2.81. The van der Waals surface area contributed by atoms with Crippen LogP contribution < -0.4 is 5.73 Å². The molecule has 0 amide bonds. The second-order valence-corrected chi connectivity index (χ2v) is 4.92. The Balaban J connectivity index is 1.99. The van der Waals surface area contributed by atoms with Crippen LogP contribution in [0.5, 0.6) is 0 Å². The van der Waals surface area contributed by atoms with E-state index in [1.54, 1.807) is 0 Å². The number of hydrogen-bond donors (Lipinski definition) is 1. The zero-order valence-corrected chi connectivity index (χ0v) is 11.2. The van der Waals surface area contributed by atoms with E-state index < -0.39 is 0 Å². The molecule has 0 saturated heterocycles. The van der Waals surface area contributed by atoms with Crippen molar-refractivity contribution in [1.82, 2.24) is 4.90 Å². The Morgan fingerprint density at radius 1 is 1.00 bits per heavy atom. The molecule has 0 aromatic heterocycles. The quantitative estimate of drug-likeness (QED) is 0.852. The van der Waals surface area contributed by atoms with Gasteiger partial charge in [-0.3, -0.25) is 4.90 Å². The summed E-state index contributed by atoms with van der Waals surface area (Å²) in [4.78, 5) is 2.25. The fraction of sp³-hybridized carbons (Fsp3) is 0.200. The molecule has 0 unspecified atom stereocenters. The zero-order valence-electron chi connectivity index (χ0n) is 10.4. The Kier molecular flexibility index (Phi) is 4.24. The molecule has 18 heavy (non-hydrogen) atoms. The minimum atomic E-state index is 0.615. The van der Waals surface area contributed by atoms with E-state index >= 15 is 0 Å². The van der Waals surface area contributed by atoms with Crippen LogP contribution in [0, 0.1) is 0 Å². The van der Waals surface area contributed by atoms with Gasteiger partial charge in [-0.1, -0.05) is 48.0 Å². The van der Waals surface area contributed by atoms with Crippen molar-refractivity contribution in [3.63, 3.8) is 0 Å². The maximum atomic E-state index is 5.91. The molecule has 0 fully saturated rings. The molecule has 0 heterocycles. The normalized spacial score (nSPS) is 10.8. The Labute approximate surface area is 113 Å². The average molecular weight is 261 g/mol. The molecule has 0 atom stereocenters. The van der Waals surface area contributed by atoms with Crippen molar-refractivity contribution in [3.05, 3.63) is 64.7 Å². The molecule has 0 spiro atoms. The summed E-state index contributed by atoms with van der Waals surface area (Å²) in [5, 5.41) is 0.615. The van der Waals surface area contributed by atoms with Crippen molar-refractivity contribution in [1.29, 1.82) is 0 Å². The summed E-state index contributed by atoms with van der Waals surface area (Å²) in [5.74, 6) is 0. The van der Waals surface area contributed by atoms with Gasteiger partial charge in [-0.15, -0.1) is 0 Å². The molecule has 3 heteroatoms. The monoisotopic (exact) mass is 260 g/mol. The maximum absolute atomic E-state index is 5.91. The Hall–Kier alpha value is -1.51. The fourth-order valence-corrected chi connectivity index (χ4v) is 2.07. The van der Waals surface area contributed by atoms with Gasteiger partial charge in [0.25, 0.3) is 0 Å². The van der Waals surface area contributed by atoms with Crippen molar-refractivity contribution >= 4 is 17.3 Å². The Morgan fingerprint density at radius 2 is 1.67 bits per heavy atom. The van der Waals surface area contributed by atoms with Gasteiger partial charge in [0.2, 0.25) is 0 Å². The molecule has 2 rings (SSSR count). The van der Waals surface area contributed by atoms with Crippen LogP contribution in [-0.2, 0) is 13.1 Å². The third kappa shape index (κ3) is 3.49. The van der Waals surface area contributed by atoms with Crippen molar-refractivity contribution < 1.29 is 0 Å². The third-order valence-corrected chi connectivity index (χ3v) is 3.15. The minimum Gasteiger partial charge on any atom is -0.398 e. The lowest BCUT2D eigenvalue weighted by Gasteiger charge is -2.17. The summed E-state index contributed by atoms with van der Waals surface area (Å²) in [6.07, 6.45) is 0. The van der Waals surface area contributed by atoms with Crippen LogP contribution >= 0.6 is 11.6 Å². The van der Waals surface area contributed by atoms with Crippen molar-refractivity contribution in [3.8, 4) is 0 Å². The molecule has 0 saturated carbocycles. The second-order valence-electron chi connectivity index (χ2n) is 4.51. The molecule has 2 aromatic rings. The highest BCUT2D eigenvalue weighted by Crippen LogP contribution is 2.20. The summed E-state index contributed by atoms with van der Waals surface area (Å²) < 4.78 is 0. The number of hydrogen-bond acceptors (Lipinski definition) is 2. The SMILES string of the molecule is CN(Cc1ccccc1)Cc1ccc(Cl)c(N)c1. The van der Waals surface area contributed by atoms with Gasteiger partial charge in [0, 0.05) is 13.1 Å². The predicted molar refractivity (Wildman–Crippen MR) is 77.5 cm³/mol. The predicted octanol–water partition coefficient (Wildman–Crippen LogP) is 3.55. The Morgan fingerprint density at radius 3 is 2.33 bits per heavy atom. The van der Waals surface area contributed by atoms with Crippen LogP contribution in [0.2, 0.25) is 5.02 Å². The first-order valence-corrected chi connectivity index (χ1v) is 6.29. The molecular formula is C15H17ClN2. The summed E-state index contributed by atoms with van der Waals surface area (Å²) in [5.41, 5.74) is 8.92. The summed E-state index contributed by atoms with van der Waals surface area (Å²) >= 11 is 5.91. The summed E-state index contributed by atoms with van der Waals surface area (Å²) in [7, 11) is 2.10. The average Bonchev–Trinajstić information content (AvgIpc) is 2.35. The topological polar surface area (TPSA) is 29.3 Å². The van der Waals surface area contributed by atoms with Gasteiger partial charge < -0.3 is 5.73 Å². The fourth-order valence-electron chi connectivity index (χ4n) is 1.95. The van der Waals surface area contributed by atoms with Gasteiger partial charge in [-0.25, -0.2) is 0 Å². The van der Waals surface area contributed by atoms with Crippen LogP contribution in [0.1, 0.15) is 11.1 Å². The number of anilines is 1. The lowest BCUT2D eigenvalue weighted by molar-refractivity contribution is 0.319. The molecule has 0 bridgehead atoms. The zero-order chi connectivity index (χ0) is 13.0. The molecule has 2 aromatic carbocycles. The molecule has 0 aliphatic carbocycles. The van der Waals surface area contributed by atoms with Crippen molar-refractivity contribution in [2.45, 2.75) is 13.1 Å². The van der Waals surface area contributed by atoms with Crippen LogP contribution in [0.15, 0.2) is 48.5 Å². The molecule has 0 aliphatic rings. The van der Waals surface area contributed by atoms with E-state index in [0.717, 1.165) is 13.1 Å². The van der Waals surface area contributed by atoms with E-state index in [1.807, 2.05) is 24.3 Å². The van der Waals surface area contributed by atoms with Gasteiger partial charge in [-0.2, -0.15) is 0 Å². The molecular weight excluding hydrogens is 244 g/mol. The number of rotatable bonds is 4. The smallest absolute Gasteiger partial charge is 0.0635 e. The van der Waals surface area contributed by atoms with Crippen LogP contribution in [0.3, 0.4) is 0 Å². The van der Waals surface area contributed by atoms with Crippen LogP contribution in [0.25, 0.3) is 0 Å². The van der Waals surface area contributed by atoms with E-state index in [1.165, 1.54) is 11.1 Å². The van der Waals surface area contributed by atoms with E-state index in [4.69, 9.17) is 17.3 Å². The maximum Gasteiger partial charge on any atom is 0.0635 e. The number of nitrogens with two attached hydrogens (primary N) is 1. The largest absolute Gasteiger partial charge is 0.398 e. The lowest BCUT2D eigenvalue weighted by Crippen LogP contribution is -2.17. The standard InChI is InChI=1S/C15H17ClN2/c1-18(10-12-5-3-2-4-6-12)11-13-7-8-14(16)15(17)9-13/h2-9H,10-11,17H2,1H3. The molecule has 2 nitrogen and oxygen atoms in total. The molecule has 94 valence electrons. The van der Waals surface area contributed by atoms with Gasteiger partial charge >= 0.3 is 0 Å². The van der Waals surface area contributed by atoms with Crippen LogP contribution in [0.4, 0.5) is 5.69 Å². The lowest BCUT2D eigenvalue weighted by atomic mass is 10.1. The van der Waals surface area contributed by atoms with E-state index in [9.17, 15) is 0 Å². The minimum absolute atomic E-state index is 0.615. The van der Waals surface area contributed by atoms with Crippen molar-refractivity contribution in [2.24, 2.45) is 0 Å². The summed E-state index contributed by atoms with van der Waals surface area (Å²) in [6.45, 7) is 1.78. The first-order chi connectivity index (χ1) is 8.65. The summed E-state index contributed by atoms with van der Waals surface area (Å²) in [6, 6.07) is 16.2. The number of benzene rings is 2. The van der Waals surface area contributed by atoms with E-state index in [-0.39, 0.29) is 0 Å². The first-order valence-electron chi connectivity index (χ1n) is 5.91. The van der Waals surface area contributed by atoms with Crippen molar-refractivity contribution in [2.75, 3.05) is 12.8 Å². The number of nitrogen functional groups attached to an aromatic ring is 1. The van der Waals surface area contributed by atoms with Gasteiger partial charge in [0.15, 0.2) is 0 Å². The number of halogens is 1. The Bertz CT molecular complexity index is 511. The highest BCUT2D eigenvalue weighted by Gasteiger charge is 2.03. The van der Waals surface area contributed by atoms with Gasteiger partial charge in [0.05, 0.1) is 10.7 Å². The highest BCUT2D eigenvalue weighted by atomic mass is 35.5. The second kappa shape index (κ2) is 5.89. The van der Waals surface area contributed by atoms with Gasteiger partial charge in [0.1, 0.15) is 0 Å². The van der Waals surface area contributed by atoms with Gasteiger partial charge in [-0.05, 0) is 30.3 Å². The first kappa shape index (κ1) is 12.9. The van der Waals surface area contributed by atoms with E-state index in [2.05, 4.69) is 36.2 Å².